The number of amides is 1. The number of ether oxygens (including phenoxy) is 1. The normalized spacial score (nSPS) is 17.5. The highest BCUT2D eigenvalue weighted by Gasteiger charge is 2.31. The molecule has 0 radical (unpaired) electrons. The molecule has 8 nitrogen and oxygen atoms in total. The van der Waals surface area contributed by atoms with Crippen LogP contribution in [0.3, 0.4) is 0 Å². The molecule has 1 atom stereocenters. The molecule has 1 saturated heterocycles. The third-order valence-corrected chi connectivity index (χ3v) is 4.83. The lowest BCUT2D eigenvalue weighted by Gasteiger charge is -2.40. The highest BCUT2D eigenvalue weighted by molar-refractivity contribution is 5.67. The molecule has 0 unspecified atom stereocenters. The Kier molecular flexibility index (Phi) is 5.03. The molecule has 140 valence electrons. The number of aliphatic hydroxyl groups excluding tert-OH is 1. The molecule has 0 aliphatic carbocycles. The molecule has 0 saturated carbocycles. The van der Waals surface area contributed by atoms with Gasteiger partial charge in [-0.3, -0.25) is 4.90 Å². The minimum absolute atomic E-state index is 0.224. The SMILES string of the molecule is COc1cc(-n2c(C)ccc2C)ncc1N1CCN(C(=O)O)[C@@H](CO)C1. The summed E-state index contributed by atoms with van der Waals surface area (Å²) >= 11 is 0. The van der Waals surface area contributed by atoms with E-state index in [4.69, 9.17) is 4.74 Å². The van der Waals surface area contributed by atoms with Gasteiger partial charge < -0.3 is 24.4 Å². The maximum Gasteiger partial charge on any atom is 0.407 e. The molecule has 0 spiro atoms. The van der Waals surface area contributed by atoms with E-state index in [2.05, 4.69) is 4.98 Å². The van der Waals surface area contributed by atoms with Gasteiger partial charge in [0.1, 0.15) is 11.6 Å². The van der Waals surface area contributed by atoms with E-state index in [9.17, 15) is 15.0 Å². The van der Waals surface area contributed by atoms with Gasteiger partial charge in [-0.25, -0.2) is 9.78 Å². The van der Waals surface area contributed by atoms with Gasteiger partial charge in [-0.1, -0.05) is 0 Å². The van der Waals surface area contributed by atoms with Crippen LogP contribution in [-0.4, -0.2) is 70.2 Å². The van der Waals surface area contributed by atoms with E-state index in [1.165, 1.54) is 4.90 Å². The molecule has 2 aromatic rings. The number of methoxy groups -OCH3 is 1. The minimum Gasteiger partial charge on any atom is -0.494 e. The van der Waals surface area contributed by atoms with E-state index in [1.807, 2.05) is 41.5 Å². The fourth-order valence-electron chi connectivity index (χ4n) is 3.45. The van der Waals surface area contributed by atoms with Crippen LogP contribution < -0.4 is 9.64 Å². The van der Waals surface area contributed by atoms with Crippen LogP contribution >= 0.6 is 0 Å². The van der Waals surface area contributed by atoms with E-state index in [-0.39, 0.29) is 6.61 Å². The van der Waals surface area contributed by atoms with Crippen molar-refractivity contribution < 1.29 is 19.7 Å². The van der Waals surface area contributed by atoms with Crippen molar-refractivity contribution in [3.8, 4) is 11.6 Å². The Morgan fingerprint density at radius 2 is 2.00 bits per heavy atom. The number of rotatable bonds is 4. The molecule has 3 heterocycles. The van der Waals surface area contributed by atoms with Crippen LogP contribution in [0, 0.1) is 13.8 Å². The summed E-state index contributed by atoms with van der Waals surface area (Å²) in [6.07, 6.45) is 0.737. The third-order valence-electron chi connectivity index (χ3n) is 4.83. The first-order chi connectivity index (χ1) is 12.5. The Bertz CT molecular complexity index is 785. The zero-order valence-corrected chi connectivity index (χ0v) is 15.2. The summed E-state index contributed by atoms with van der Waals surface area (Å²) in [5, 5.41) is 18.8. The van der Waals surface area contributed by atoms with Gasteiger partial charge in [-0.15, -0.1) is 0 Å². The fraction of sp³-hybridized carbons (Fsp3) is 0.444. The van der Waals surface area contributed by atoms with Gasteiger partial charge in [0.15, 0.2) is 0 Å². The van der Waals surface area contributed by atoms with E-state index in [0.29, 0.717) is 25.4 Å². The van der Waals surface area contributed by atoms with Crippen LogP contribution in [0.2, 0.25) is 0 Å². The fourth-order valence-corrected chi connectivity index (χ4v) is 3.45. The largest absolute Gasteiger partial charge is 0.494 e. The summed E-state index contributed by atoms with van der Waals surface area (Å²) in [7, 11) is 1.61. The van der Waals surface area contributed by atoms with Crippen LogP contribution in [0.25, 0.3) is 5.82 Å². The number of hydrogen-bond donors (Lipinski definition) is 2. The molecular formula is C18H24N4O4. The van der Waals surface area contributed by atoms with Crippen molar-refractivity contribution in [2.45, 2.75) is 19.9 Å². The first-order valence-electron chi connectivity index (χ1n) is 8.51. The number of piperazine rings is 1. The molecular weight excluding hydrogens is 336 g/mol. The number of anilines is 1. The molecule has 1 aliphatic rings. The molecule has 1 aliphatic heterocycles. The first-order valence-corrected chi connectivity index (χ1v) is 8.51. The zero-order chi connectivity index (χ0) is 18.8. The van der Waals surface area contributed by atoms with Gasteiger partial charge in [-0.05, 0) is 26.0 Å². The van der Waals surface area contributed by atoms with Crippen molar-refractivity contribution in [1.29, 1.82) is 0 Å². The first kappa shape index (κ1) is 18.1. The summed E-state index contributed by atoms with van der Waals surface area (Å²) in [4.78, 5) is 19.1. The second-order valence-electron chi connectivity index (χ2n) is 6.42. The predicted molar refractivity (Wildman–Crippen MR) is 97.4 cm³/mol. The van der Waals surface area contributed by atoms with E-state index < -0.39 is 12.1 Å². The number of carboxylic acid groups (broad SMARTS) is 1. The second kappa shape index (κ2) is 7.25. The smallest absolute Gasteiger partial charge is 0.407 e. The Balaban J connectivity index is 1.90. The maximum absolute atomic E-state index is 11.3. The van der Waals surface area contributed by atoms with Crippen molar-refractivity contribution in [1.82, 2.24) is 14.5 Å². The Hall–Kier alpha value is -2.74. The van der Waals surface area contributed by atoms with Crippen LogP contribution in [0.5, 0.6) is 5.75 Å². The number of nitrogens with zero attached hydrogens (tertiary/aromatic N) is 4. The lowest BCUT2D eigenvalue weighted by molar-refractivity contribution is 0.0909. The molecule has 8 heteroatoms. The number of aryl methyl sites for hydroxylation is 2. The highest BCUT2D eigenvalue weighted by atomic mass is 16.5. The van der Waals surface area contributed by atoms with E-state index >= 15 is 0 Å². The van der Waals surface area contributed by atoms with Gasteiger partial charge in [0.2, 0.25) is 0 Å². The molecule has 0 aromatic carbocycles. The number of aliphatic hydroxyl groups is 1. The van der Waals surface area contributed by atoms with Crippen molar-refractivity contribution in [3.05, 3.63) is 35.8 Å². The molecule has 2 N–H and O–H groups in total. The predicted octanol–water partition coefficient (Wildman–Crippen LogP) is 1.66. The van der Waals surface area contributed by atoms with Gasteiger partial charge in [0.05, 0.1) is 31.6 Å². The van der Waals surface area contributed by atoms with Crippen LogP contribution in [0.1, 0.15) is 11.4 Å². The molecule has 0 bridgehead atoms. The molecule has 1 fully saturated rings. The highest BCUT2D eigenvalue weighted by Crippen LogP contribution is 2.31. The van der Waals surface area contributed by atoms with Crippen molar-refractivity contribution in [3.63, 3.8) is 0 Å². The Morgan fingerprint density at radius 3 is 2.58 bits per heavy atom. The topological polar surface area (TPSA) is 91.1 Å². The quantitative estimate of drug-likeness (QED) is 0.862. The lowest BCUT2D eigenvalue weighted by Crippen LogP contribution is -2.56. The van der Waals surface area contributed by atoms with Crippen LogP contribution in [0.4, 0.5) is 10.5 Å². The summed E-state index contributed by atoms with van der Waals surface area (Å²) < 4.78 is 7.62. The van der Waals surface area contributed by atoms with Crippen LogP contribution in [0.15, 0.2) is 24.4 Å². The number of hydrogen-bond acceptors (Lipinski definition) is 5. The number of pyridine rings is 1. The molecule has 3 rings (SSSR count). The second-order valence-corrected chi connectivity index (χ2v) is 6.42. The molecule has 2 aromatic heterocycles. The van der Waals surface area contributed by atoms with Gasteiger partial charge >= 0.3 is 6.09 Å². The van der Waals surface area contributed by atoms with Gasteiger partial charge in [-0.2, -0.15) is 0 Å². The molecule has 26 heavy (non-hydrogen) atoms. The van der Waals surface area contributed by atoms with Crippen LogP contribution in [-0.2, 0) is 0 Å². The van der Waals surface area contributed by atoms with E-state index in [0.717, 1.165) is 22.9 Å². The maximum atomic E-state index is 11.3. The zero-order valence-electron chi connectivity index (χ0n) is 15.2. The monoisotopic (exact) mass is 360 g/mol. The summed E-state index contributed by atoms with van der Waals surface area (Å²) in [6.45, 7) is 5.04. The number of aromatic nitrogens is 2. The van der Waals surface area contributed by atoms with Gasteiger partial charge in [0, 0.05) is 37.1 Å². The molecule has 1 amide bonds. The van der Waals surface area contributed by atoms with Gasteiger partial charge in [0.25, 0.3) is 0 Å². The third kappa shape index (κ3) is 3.20. The summed E-state index contributed by atoms with van der Waals surface area (Å²) in [5.41, 5.74) is 2.96. The average Bonchev–Trinajstić information content (AvgIpc) is 2.98. The summed E-state index contributed by atoms with van der Waals surface area (Å²) in [5.74, 6) is 1.44. The lowest BCUT2D eigenvalue weighted by atomic mass is 10.1. The minimum atomic E-state index is -1.01. The van der Waals surface area contributed by atoms with E-state index in [1.54, 1.807) is 13.3 Å². The summed E-state index contributed by atoms with van der Waals surface area (Å²) in [6, 6.07) is 5.48. The van der Waals surface area contributed by atoms with Crippen molar-refractivity contribution in [2.75, 3.05) is 38.3 Å². The average molecular weight is 360 g/mol. The standard InChI is InChI=1S/C18H24N4O4/c1-12-4-5-13(2)22(12)17-8-16(26-3)15(9-19-17)20-6-7-21(18(24)25)14(10-20)11-23/h4-5,8-9,14,23H,6-7,10-11H2,1-3H3,(H,24,25)/t14-/m1/s1. The Morgan fingerprint density at radius 1 is 1.31 bits per heavy atom. The van der Waals surface area contributed by atoms with Crippen molar-refractivity contribution >= 4 is 11.8 Å². The Labute approximate surface area is 152 Å². The van der Waals surface area contributed by atoms with Crippen molar-refractivity contribution in [2.24, 2.45) is 0 Å². The number of carbonyl (C=O) groups is 1.